The Morgan fingerprint density at radius 3 is 2.27 bits per heavy atom. The number of carboxylic acid groups (broad SMARTS) is 1. The average molecular weight is 623 g/mol. The molecule has 1 unspecified atom stereocenters. The number of aliphatic carboxylic acids is 1. The summed E-state index contributed by atoms with van der Waals surface area (Å²) < 4.78 is 11.9. The number of terminal acetylenes is 1. The molecule has 6 nitrogen and oxygen atoms in total. The molecule has 0 aromatic heterocycles. The van der Waals surface area contributed by atoms with Gasteiger partial charge >= 0.3 is 17.9 Å². The molecule has 0 aromatic carbocycles. The zero-order valence-corrected chi connectivity index (χ0v) is 29.0. The second-order valence-electron chi connectivity index (χ2n) is 17.4. The summed E-state index contributed by atoms with van der Waals surface area (Å²) in [6.45, 7) is 20.7. The van der Waals surface area contributed by atoms with Crippen LogP contribution in [0.5, 0.6) is 0 Å². The van der Waals surface area contributed by atoms with Gasteiger partial charge in [0.2, 0.25) is 0 Å². The number of carbonyl (C=O) groups is 3. The van der Waals surface area contributed by atoms with E-state index in [4.69, 9.17) is 21.0 Å². The van der Waals surface area contributed by atoms with Crippen molar-refractivity contribution in [1.82, 2.24) is 0 Å². The second kappa shape index (κ2) is 11.7. The lowest BCUT2D eigenvalue weighted by atomic mass is 9.32. The van der Waals surface area contributed by atoms with Crippen LogP contribution in [0.4, 0.5) is 0 Å². The van der Waals surface area contributed by atoms with Crippen LogP contribution in [0, 0.1) is 74.9 Å². The highest BCUT2D eigenvalue weighted by Crippen LogP contribution is 2.77. The molecule has 5 aliphatic rings. The molecular formula is C39H58O6. The van der Waals surface area contributed by atoms with E-state index < -0.39 is 11.4 Å². The molecular weight excluding hydrogens is 564 g/mol. The number of allylic oxidation sites excluding steroid dienone is 1. The number of hydrogen-bond donors (Lipinski definition) is 1. The first-order valence-corrected chi connectivity index (χ1v) is 17.7. The van der Waals surface area contributed by atoms with Gasteiger partial charge < -0.3 is 14.6 Å². The van der Waals surface area contributed by atoms with Gasteiger partial charge in [-0.3, -0.25) is 14.4 Å². The molecule has 1 N–H and O–H groups in total. The van der Waals surface area contributed by atoms with Crippen molar-refractivity contribution in [2.75, 3.05) is 6.61 Å². The first-order chi connectivity index (χ1) is 21.0. The highest BCUT2D eigenvalue weighted by atomic mass is 16.5. The number of esters is 2. The van der Waals surface area contributed by atoms with Gasteiger partial charge in [-0.25, -0.2) is 0 Å². The number of rotatable bonds is 8. The maximum Gasteiger partial charge on any atom is 0.313 e. The van der Waals surface area contributed by atoms with E-state index in [-0.39, 0.29) is 71.0 Å². The SMILES string of the molecule is C#CCOC(=O)[C@]12CC[C@@H](C(=C)C)[C@@H]1[C@H]1CC[C@@H]3[C@@]4(C)CC[C@H](OC(=O)CC(C)CC(=O)O)C(C)(C)[C@@H]4CC[C@@]3(C)[C@]1(C)CC2. The fraction of sp³-hybridized carbons (Fsp3) is 0.821. The number of carboxylic acids is 1. The first-order valence-electron chi connectivity index (χ1n) is 17.7. The standard InChI is InChI=1S/C39H58O6/c1-10-21-44-34(43)39-18-13-26(24(2)3)33(39)27-11-12-29-36(7)16-15-30(45-32(42)23-25(4)22-31(40)41)35(5,6)28(36)14-17-38(29,9)37(27,8)19-20-39/h1,25-30,33H,2,11-23H2,3-9H3,(H,40,41)/t25?,26-,27+,28-,29+,30-,33+,36-,37+,38+,39-/m0/s1. The van der Waals surface area contributed by atoms with Crippen LogP contribution in [0.2, 0.25) is 0 Å². The summed E-state index contributed by atoms with van der Waals surface area (Å²) in [5.74, 6) is 3.05. The molecule has 5 fully saturated rings. The van der Waals surface area contributed by atoms with Crippen molar-refractivity contribution in [2.45, 2.75) is 132 Å². The van der Waals surface area contributed by atoms with E-state index in [2.05, 4.69) is 54.0 Å². The van der Waals surface area contributed by atoms with Crippen LogP contribution >= 0.6 is 0 Å². The van der Waals surface area contributed by atoms with Crippen molar-refractivity contribution in [1.29, 1.82) is 0 Å². The van der Waals surface area contributed by atoms with Crippen molar-refractivity contribution in [3.05, 3.63) is 12.2 Å². The fourth-order valence-electron chi connectivity index (χ4n) is 12.8. The Hall–Kier alpha value is -2.29. The summed E-state index contributed by atoms with van der Waals surface area (Å²) in [4.78, 5) is 37.9. The molecule has 0 amide bonds. The van der Waals surface area contributed by atoms with Crippen LogP contribution in [0.1, 0.15) is 126 Å². The fourth-order valence-corrected chi connectivity index (χ4v) is 12.8. The molecule has 5 aliphatic carbocycles. The number of carbonyl (C=O) groups excluding carboxylic acids is 2. The van der Waals surface area contributed by atoms with Gasteiger partial charge in [0.1, 0.15) is 6.10 Å². The smallest absolute Gasteiger partial charge is 0.313 e. The summed E-state index contributed by atoms with van der Waals surface area (Å²) in [7, 11) is 0. The van der Waals surface area contributed by atoms with Crippen molar-refractivity contribution < 1.29 is 29.0 Å². The maximum absolute atomic E-state index is 13.8. The second-order valence-corrected chi connectivity index (χ2v) is 17.4. The molecule has 250 valence electrons. The Labute approximate surface area is 271 Å². The van der Waals surface area contributed by atoms with Crippen molar-refractivity contribution in [2.24, 2.45) is 62.6 Å². The molecule has 6 heteroatoms. The van der Waals surface area contributed by atoms with Crippen molar-refractivity contribution in [3.8, 4) is 12.3 Å². The van der Waals surface area contributed by atoms with E-state index >= 15 is 0 Å². The van der Waals surface area contributed by atoms with Crippen LogP contribution in [0.25, 0.3) is 0 Å². The topological polar surface area (TPSA) is 89.9 Å². The third-order valence-electron chi connectivity index (χ3n) is 15.0. The molecule has 0 aliphatic heterocycles. The van der Waals surface area contributed by atoms with Crippen molar-refractivity contribution >= 4 is 17.9 Å². The van der Waals surface area contributed by atoms with E-state index in [1.807, 2.05) is 0 Å². The van der Waals surface area contributed by atoms with Gasteiger partial charge in [0.05, 0.1) is 5.41 Å². The molecule has 45 heavy (non-hydrogen) atoms. The Kier molecular flexibility index (Phi) is 8.89. The van der Waals surface area contributed by atoms with Gasteiger partial charge in [0, 0.05) is 18.3 Å². The van der Waals surface area contributed by atoms with Gasteiger partial charge in [-0.05, 0) is 123 Å². The Bertz CT molecular complexity index is 1260. The summed E-state index contributed by atoms with van der Waals surface area (Å²) in [6.07, 6.45) is 15.6. The normalized spacial score (nSPS) is 43.7. The highest BCUT2D eigenvalue weighted by molar-refractivity contribution is 5.78. The predicted molar refractivity (Wildman–Crippen MR) is 175 cm³/mol. The zero-order valence-electron chi connectivity index (χ0n) is 29.0. The zero-order chi connectivity index (χ0) is 33.2. The highest BCUT2D eigenvalue weighted by Gasteiger charge is 2.72. The van der Waals surface area contributed by atoms with Gasteiger partial charge in [-0.15, -0.1) is 6.42 Å². The molecule has 11 atom stereocenters. The largest absolute Gasteiger partial charge is 0.481 e. The number of fused-ring (bicyclic) bond motifs is 7. The molecule has 5 saturated carbocycles. The molecule has 0 bridgehead atoms. The quantitative estimate of drug-likeness (QED) is 0.167. The molecule has 5 rings (SSSR count). The minimum absolute atomic E-state index is 0.0228. The third kappa shape index (κ3) is 5.18. The average Bonchev–Trinajstić information content (AvgIpc) is 3.34. The van der Waals surface area contributed by atoms with E-state index in [0.717, 1.165) is 64.2 Å². The van der Waals surface area contributed by atoms with Crippen LogP contribution in [0.3, 0.4) is 0 Å². The van der Waals surface area contributed by atoms with E-state index in [9.17, 15) is 14.4 Å². The third-order valence-corrected chi connectivity index (χ3v) is 15.0. The maximum atomic E-state index is 13.8. The van der Waals surface area contributed by atoms with E-state index in [0.29, 0.717) is 23.7 Å². The number of hydrogen-bond acceptors (Lipinski definition) is 5. The lowest BCUT2D eigenvalue weighted by molar-refractivity contribution is -0.251. The Balaban J connectivity index is 1.40. The van der Waals surface area contributed by atoms with Crippen molar-refractivity contribution in [3.63, 3.8) is 0 Å². The summed E-state index contributed by atoms with van der Waals surface area (Å²) in [5, 5.41) is 9.13. The van der Waals surface area contributed by atoms with Gasteiger partial charge in [-0.1, -0.05) is 59.6 Å². The lowest BCUT2D eigenvalue weighted by Crippen LogP contribution is -2.67. The summed E-state index contributed by atoms with van der Waals surface area (Å²) in [6, 6.07) is 0. The lowest BCUT2D eigenvalue weighted by Gasteiger charge is -2.72. The Morgan fingerprint density at radius 1 is 0.911 bits per heavy atom. The van der Waals surface area contributed by atoms with Crippen LogP contribution in [-0.4, -0.2) is 35.7 Å². The predicted octanol–water partition coefficient (Wildman–Crippen LogP) is 8.23. The molecule has 0 saturated heterocycles. The minimum atomic E-state index is -0.881. The van der Waals surface area contributed by atoms with Gasteiger partial charge in [0.15, 0.2) is 6.61 Å². The van der Waals surface area contributed by atoms with E-state index in [1.54, 1.807) is 6.92 Å². The Morgan fingerprint density at radius 2 is 1.62 bits per heavy atom. The van der Waals surface area contributed by atoms with Gasteiger partial charge in [0.25, 0.3) is 0 Å². The van der Waals surface area contributed by atoms with E-state index in [1.165, 1.54) is 5.57 Å². The molecule has 0 radical (unpaired) electrons. The summed E-state index contributed by atoms with van der Waals surface area (Å²) in [5.41, 5.74) is 0.955. The van der Waals surface area contributed by atoms with Gasteiger partial charge in [-0.2, -0.15) is 0 Å². The monoisotopic (exact) mass is 622 g/mol. The van der Waals surface area contributed by atoms with Crippen LogP contribution in [-0.2, 0) is 23.9 Å². The summed E-state index contributed by atoms with van der Waals surface area (Å²) >= 11 is 0. The minimum Gasteiger partial charge on any atom is -0.481 e. The molecule has 0 aromatic rings. The van der Waals surface area contributed by atoms with Crippen LogP contribution in [0.15, 0.2) is 12.2 Å². The first kappa shape index (κ1) is 34.1. The number of ether oxygens (including phenoxy) is 2. The molecule has 0 spiro atoms. The molecule has 0 heterocycles. The van der Waals surface area contributed by atoms with Crippen LogP contribution < -0.4 is 0 Å².